The molecule has 0 saturated carbocycles. The molecule has 28 heavy (non-hydrogen) atoms. The van der Waals surface area contributed by atoms with Crippen LogP contribution in [0.2, 0.25) is 0 Å². The number of carbonyl (C=O) groups excluding carboxylic acids is 1. The van der Waals surface area contributed by atoms with Crippen LogP contribution in [0.25, 0.3) is 0 Å². The van der Waals surface area contributed by atoms with Crippen LogP contribution in [0, 0.1) is 11.8 Å². The van der Waals surface area contributed by atoms with Gasteiger partial charge in [0, 0.05) is 22.3 Å². The Bertz CT molecular complexity index is 1180. The lowest BCUT2D eigenvalue weighted by Crippen LogP contribution is -2.39. The van der Waals surface area contributed by atoms with Crippen molar-refractivity contribution >= 4 is 15.9 Å². The van der Waals surface area contributed by atoms with Gasteiger partial charge in [0.25, 0.3) is 10.1 Å². The third kappa shape index (κ3) is 2.75. The van der Waals surface area contributed by atoms with Gasteiger partial charge in [-0.05, 0) is 19.1 Å². The summed E-state index contributed by atoms with van der Waals surface area (Å²) in [7, 11) is -4.16. The third-order valence-electron chi connectivity index (χ3n) is 4.67. The van der Waals surface area contributed by atoms with Crippen molar-refractivity contribution in [1.82, 2.24) is 0 Å². The van der Waals surface area contributed by atoms with Gasteiger partial charge in [-0.3, -0.25) is 4.79 Å². The molecule has 0 fully saturated rings. The molecule has 3 aromatic carbocycles. The highest BCUT2D eigenvalue weighted by Crippen LogP contribution is 2.44. The quantitative estimate of drug-likeness (QED) is 0.504. The van der Waals surface area contributed by atoms with Crippen LogP contribution in [0.4, 0.5) is 0 Å². The summed E-state index contributed by atoms with van der Waals surface area (Å²) in [6.45, 7) is 1.61. The highest BCUT2D eigenvalue weighted by Gasteiger charge is 2.47. The Morgan fingerprint density at radius 3 is 1.82 bits per heavy atom. The van der Waals surface area contributed by atoms with Gasteiger partial charge in [0.1, 0.15) is 0 Å². The zero-order chi connectivity index (χ0) is 19.8. The molecule has 0 bridgehead atoms. The normalized spacial score (nSPS) is 14.4. The first kappa shape index (κ1) is 18.2. The summed E-state index contributed by atoms with van der Waals surface area (Å²) in [4.78, 5) is 13.0. The van der Waals surface area contributed by atoms with Crippen LogP contribution in [0.3, 0.4) is 0 Å². The minimum Gasteiger partial charge on any atom is -0.289 e. The van der Waals surface area contributed by atoms with Gasteiger partial charge in [-0.1, -0.05) is 72.7 Å². The summed E-state index contributed by atoms with van der Waals surface area (Å²) < 4.78 is 32.1. The van der Waals surface area contributed by atoms with Crippen molar-refractivity contribution in [2.24, 2.45) is 0 Å². The minimum atomic E-state index is -4.16. The van der Waals surface area contributed by atoms with E-state index in [4.69, 9.17) is 4.18 Å². The molecule has 0 N–H and O–H groups in total. The molecule has 0 aromatic heterocycles. The van der Waals surface area contributed by atoms with Crippen LogP contribution >= 0.6 is 0 Å². The van der Waals surface area contributed by atoms with Crippen molar-refractivity contribution in [2.45, 2.75) is 17.4 Å². The van der Waals surface area contributed by atoms with Gasteiger partial charge in [-0.2, -0.15) is 8.42 Å². The van der Waals surface area contributed by atoms with Crippen molar-refractivity contribution in [1.29, 1.82) is 0 Å². The fourth-order valence-corrected chi connectivity index (χ4v) is 4.62. The number of benzene rings is 3. The molecule has 3 aromatic rings. The summed E-state index contributed by atoms with van der Waals surface area (Å²) in [5.74, 6) is 5.57. The molecule has 0 atom stereocenters. The predicted molar refractivity (Wildman–Crippen MR) is 105 cm³/mol. The van der Waals surface area contributed by atoms with E-state index in [9.17, 15) is 13.2 Å². The van der Waals surface area contributed by atoms with E-state index in [1.54, 1.807) is 73.7 Å². The average molecular weight is 388 g/mol. The minimum absolute atomic E-state index is 0.0270. The van der Waals surface area contributed by atoms with Crippen molar-refractivity contribution in [2.75, 3.05) is 0 Å². The number of ketones is 1. The van der Waals surface area contributed by atoms with Crippen molar-refractivity contribution in [3.05, 3.63) is 101 Å². The van der Waals surface area contributed by atoms with E-state index in [1.807, 2.05) is 0 Å². The first-order valence-electron chi connectivity index (χ1n) is 8.68. The van der Waals surface area contributed by atoms with Gasteiger partial charge in [-0.25, -0.2) is 4.18 Å². The fraction of sp³-hybridized carbons (Fsp3) is 0.0870. The Morgan fingerprint density at radius 1 is 0.786 bits per heavy atom. The second-order valence-corrected chi connectivity index (χ2v) is 7.87. The first-order valence-corrected chi connectivity index (χ1v) is 10.1. The zero-order valence-corrected chi connectivity index (χ0v) is 15.9. The Labute approximate surface area is 163 Å². The van der Waals surface area contributed by atoms with E-state index in [1.165, 1.54) is 12.1 Å². The average Bonchev–Trinajstić information content (AvgIpc) is 2.73. The molecule has 4 nitrogen and oxygen atoms in total. The van der Waals surface area contributed by atoms with E-state index in [0.29, 0.717) is 22.3 Å². The molecule has 0 amide bonds. The molecule has 4 rings (SSSR count). The van der Waals surface area contributed by atoms with Gasteiger partial charge in [0.2, 0.25) is 0 Å². The second-order valence-electron chi connectivity index (χ2n) is 6.33. The van der Waals surface area contributed by atoms with Crippen molar-refractivity contribution in [3.8, 4) is 11.8 Å². The topological polar surface area (TPSA) is 60.4 Å². The van der Waals surface area contributed by atoms with E-state index in [2.05, 4.69) is 11.8 Å². The highest BCUT2D eigenvalue weighted by molar-refractivity contribution is 7.86. The molecule has 0 radical (unpaired) electrons. The van der Waals surface area contributed by atoms with Gasteiger partial charge < -0.3 is 0 Å². The largest absolute Gasteiger partial charge is 0.299 e. The van der Waals surface area contributed by atoms with Crippen LogP contribution in [0.5, 0.6) is 0 Å². The smallest absolute Gasteiger partial charge is 0.289 e. The predicted octanol–water partition coefficient (Wildman–Crippen LogP) is 3.90. The number of fused-ring (bicyclic) bond motifs is 2. The van der Waals surface area contributed by atoms with Gasteiger partial charge in [0.15, 0.2) is 11.4 Å². The molecule has 5 heteroatoms. The molecular weight excluding hydrogens is 372 g/mol. The molecule has 1 aliphatic rings. The van der Waals surface area contributed by atoms with E-state index in [-0.39, 0.29) is 10.7 Å². The Kier molecular flexibility index (Phi) is 4.38. The number of hydrogen-bond donors (Lipinski definition) is 0. The number of hydrogen-bond acceptors (Lipinski definition) is 4. The molecule has 1 aliphatic carbocycles. The molecule has 0 heterocycles. The van der Waals surface area contributed by atoms with Crippen molar-refractivity contribution in [3.63, 3.8) is 0 Å². The van der Waals surface area contributed by atoms with Gasteiger partial charge in [0.05, 0.1) is 4.90 Å². The molecular formula is C23H16O4S. The standard InChI is InChI=1S/C23H16O4S/c1-2-16-23(27-28(25,26)17-10-4-3-5-11-17)20-14-8-6-12-18(20)22(24)19-13-7-9-15-21(19)23/h3-15H,1H3. The fourth-order valence-electron chi connectivity index (χ4n) is 3.49. The van der Waals surface area contributed by atoms with Crippen LogP contribution in [-0.2, 0) is 19.9 Å². The Hall–Kier alpha value is -3.20. The summed E-state index contributed by atoms with van der Waals surface area (Å²) in [5, 5.41) is 0. The summed E-state index contributed by atoms with van der Waals surface area (Å²) in [6.07, 6.45) is 0. The Balaban J connectivity index is 2.02. The van der Waals surface area contributed by atoms with Crippen LogP contribution < -0.4 is 0 Å². The second kappa shape index (κ2) is 6.75. The lowest BCUT2D eigenvalue weighted by molar-refractivity contribution is 0.100. The van der Waals surface area contributed by atoms with Gasteiger partial charge in [-0.15, -0.1) is 5.92 Å². The maximum Gasteiger partial charge on any atom is 0.299 e. The number of rotatable bonds is 3. The van der Waals surface area contributed by atoms with E-state index >= 15 is 0 Å². The van der Waals surface area contributed by atoms with Crippen LogP contribution in [0.1, 0.15) is 34.0 Å². The SMILES string of the molecule is CC#CC1(OS(=O)(=O)c2ccccc2)c2ccccc2C(=O)c2ccccc21. The summed E-state index contributed by atoms with van der Waals surface area (Å²) in [6, 6.07) is 21.6. The van der Waals surface area contributed by atoms with Crippen LogP contribution in [0.15, 0.2) is 83.8 Å². The third-order valence-corrected chi connectivity index (χ3v) is 5.99. The van der Waals surface area contributed by atoms with E-state index in [0.717, 1.165) is 0 Å². The van der Waals surface area contributed by atoms with Crippen molar-refractivity contribution < 1.29 is 17.4 Å². The maximum absolute atomic E-state index is 13.1. The first-order chi connectivity index (χ1) is 13.5. The Morgan fingerprint density at radius 2 is 1.29 bits per heavy atom. The zero-order valence-electron chi connectivity index (χ0n) is 15.0. The number of carbonyl (C=O) groups is 1. The molecule has 0 spiro atoms. The molecule has 0 unspecified atom stereocenters. The lowest BCUT2D eigenvalue weighted by Gasteiger charge is -2.35. The monoisotopic (exact) mass is 388 g/mol. The lowest BCUT2D eigenvalue weighted by atomic mass is 9.74. The maximum atomic E-state index is 13.1. The molecule has 0 aliphatic heterocycles. The van der Waals surface area contributed by atoms with E-state index < -0.39 is 15.7 Å². The van der Waals surface area contributed by atoms with Crippen LogP contribution in [-0.4, -0.2) is 14.2 Å². The summed E-state index contributed by atoms with van der Waals surface area (Å²) in [5.41, 5.74) is 0.00406. The molecule has 138 valence electrons. The highest BCUT2D eigenvalue weighted by atomic mass is 32.2. The summed E-state index contributed by atoms with van der Waals surface area (Å²) >= 11 is 0. The van der Waals surface area contributed by atoms with Gasteiger partial charge >= 0.3 is 0 Å². The molecule has 0 saturated heterocycles.